The van der Waals surface area contributed by atoms with Crippen LogP contribution in [0.1, 0.15) is 19.3 Å². The number of para-hydroxylation sites is 2. The molecule has 0 bridgehead atoms. The molecule has 3 rings (SSSR count). The number of nitrogens with two attached hydrogens (primary N) is 1. The molecule has 0 saturated carbocycles. The summed E-state index contributed by atoms with van der Waals surface area (Å²) in [6, 6.07) is 7.45. The zero-order valence-electron chi connectivity index (χ0n) is 13.8. The molecule has 1 aliphatic rings. The molecule has 0 unspecified atom stereocenters. The highest BCUT2D eigenvalue weighted by atomic mass is 16.2. The van der Waals surface area contributed by atoms with Crippen molar-refractivity contribution in [3.05, 3.63) is 34.7 Å². The number of hydrogen-bond donors (Lipinski definition) is 1. The maximum atomic E-state index is 12.6. The number of carbonyl (C=O) groups excluding carboxylic acids is 2. The van der Waals surface area contributed by atoms with Gasteiger partial charge in [-0.3, -0.25) is 18.7 Å². The fourth-order valence-electron chi connectivity index (χ4n) is 3.42. The number of hydrogen-bond acceptors (Lipinski definition) is 3. The second kappa shape index (κ2) is 6.51. The van der Waals surface area contributed by atoms with Crippen LogP contribution in [0.5, 0.6) is 0 Å². The van der Waals surface area contributed by atoms with E-state index in [-0.39, 0.29) is 30.0 Å². The lowest BCUT2D eigenvalue weighted by Crippen LogP contribution is -2.42. The second-order valence-corrected chi connectivity index (χ2v) is 6.41. The third kappa shape index (κ3) is 3.06. The predicted octanol–water partition coefficient (Wildman–Crippen LogP) is 0.454. The van der Waals surface area contributed by atoms with Crippen molar-refractivity contribution in [3.63, 3.8) is 0 Å². The van der Waals surface area contributed by atoms with E-state index < -0.39 is 0 Å². The Labute approximate surface area is 139 Å². The van der Waals surface area contributed by atoms with Crippen molar-refractivity contribution in [2.75, 3.05) is 13.1 Å². The molecule has 1 aromatic heterocycles. The number of imidazole rings is 1. The lowest BCUT2D eigenvalue weighted by molar-refractivity contribution is -0.133. The van der Waals surface area contributed by atoms with Gasteiger partial charge in [-0.2, -0.15) is 0 Å². The number of fused-ring (bicyclic) bond motifs is 1. The number of primary amides is 1. The van der Waals surface area contributed by atoms with Gasteiger partial charge in [-0.1, -0.05) is 12.1 Å². The number of amides is 2. The lowest BCUT2D eigenvalue weighted by atomic mass is 9.93. The van der Waals surface area contributed by atoms with E-state index in [4.69, 9.17) is 5.73 Å². The number of piperidine rings is 1. The van der Waals surface area contributed by atoms with E-state index in [0.29, 0.717) is 19.5 Å². The van der Waals surface area contributed by atoms with Gasteiger partial charge in [0.15, 0.2) is 0 Å². The van der Waals surface area contributed by atoms with E-state index >= 15 is 0 Å². The van der Waals surface area contributed by atoms with Crippen molar-refractivity contribution in [3.8, 4) is 0 Å². The largest absolute Gasteiger partial charge is 0.370 e. The highest BCUT2D eigenvalue weighted by molar-refractivity contribution is 5.81. The Bertz CT molecular complexity index is 828. The average Bonchev–Trinajstić information content (AvgIpc) is 2.80. The number of likely N-dealkylation sites (tertiary alicyclic amines) is 1. The summed E-state index contributed by atoms with van der Waals surface area (Å²) in [7, 11) is 1.71. The monoisotopic (exact) mass is 330 g/mol. The summed E-state index contributed by atoms with van der Waals surface area (Å²) in [5, 5.41) is 0. The van der Waals surface area contributed by atoms with Crippen molar-refractivity contribution < 1.29 is 9.59 Å². The summed E-state index contributed by atoms with van der Waals surface area (Å²) in [5.74, 6) is -0.0973. The van der Waals surface area contributed by atoms with Gasteiger partial charge in [-0.15, -0.1) is 0 Å². The second-order valence-electron chi connectivity index (χ2n) is 6.41. The number of carbonyl (C=O) groups is 2. The zero-order valence-corrected chi connectivity index (χ0v) is 13.8. The lowest BCUT2D eigenvalue weighted by Gasteiger charge is -2.31. The molecule has 1 aliphatic heterocycles. The molecule has 7 nitrogen and oxygen atoms in total. The Hall–Kier alpha value is -2.57. The van der Waals surface area contributed by atoms with Crippen LogP contribution in [0, 0.1) is 5.92 Å². The van der Waals surface area contributed by atoms with Gasteiger partial charge < -0.3 is 10.6 Å². The molecule has 24 heavy (non-hydrogen) atoms. The molecule has 1 fully saturated rings. The summed E-state index contributed by atoms with van der Waals surface area (Å²) < 4.78 is 3.08. The van der Waals surface area contributed by atoms with Crippen LogP contribution >= 0.6 is 0 Å². The maximum absolute atomic E-state index is 12.6. The van der Waals surface area contributed by atoms with Gasteiger partial charge in [0, 0.05) is 26.6 Å². The molecule has 0 atom stereocenters. The van der Waals surface area contributed by atoms with Crippen LogP contribution in [0.3, 0.4) is 0 Å². The van der Waals surface area contributed by atoms with Crippen LogP contribution in [0.2, 0.25) is 0 Å². The van der Waals surface area contributed by atoms with Gasteiger partial charge >= 0.3 is 5.69 Å². The van der Waals surface area contributed by atoms with Crippen LogP contribution in [0.4, 0.5) is 0 Å². The fourth-order valence-corrected chi connectivity index (χ4v) is 3.42. The number of aromatic nitrogens is 2. The third-order valence-electron chi connectivity index (χ3n) is 4.80. The van der Waals surface area contributed by atoms with Gasteiger partial charge in [0.05, 0.1) is 11.0 Å². The Balaban J connectivity index is 1.72. The summed E-state index contributed by atoms with van der Waals surface area (Å²) >= 11 is 0. The minimum Gasteiger partial charge on any atom is -0.370 e. The van der Waals surface area contributed by atoms with Crippen LogP contribution in [-0.4, -0.2) is 38.9 Å². The Morgan fingerprint density at radius 2 is 1.79 bits per heavy atom. The summed E-state index contributed by atoms with van der Waals surface area (Å²) in [6.07, 6.45) is 1.93. The van der Waals surface area contributed by atoms with Crippen molar-refractivity contribution in [1.82, 2.24) is 14.0 Å². The Kier molecular flexibility index (Phi) is 4.42. The van der Waals surface area contributed by atoms with Gasteiger partial charge in [0.2, 0.25) is 11.8 Å². The van der Waals surface area contributed by atoms with Gasteiger partial charge in [0.1, 0.15) is 6.54 Å². The van der Waals surface area contributed by atoms with E-state index in [9.17, 15) is 14.4 Å². The van der Waals surface area contributed by atoms with Crippen LogP contribution in [-0.2, 0) is 23.2 Å². The first-order valence-corrected chi connectivity index (χ1v) is 8.17. The highest BCUT2D eigenvalue weighted by Gasteiger charge is 2.24. The van der Waals surface area contributed by atoms with E-state index in [1.807, 2.05) is 24.3 Å². The normalized spacial score (nSPS) is 15.8. The topological polar surface area (TPSA) is 90.3 Å². The maximum Gasteiger partial charge on any atom is 0.329 e. The molecule has 0 radical (unpaired) electrons. The quantitative estimate of drug-likeness (QED) is 0.883. The molecule has 128 valence electrons. The number of aryl methyl sites for hydroxylation is 1. The SMILES string of the molecule is Cn1c(=O)n(CC(=O)N2CCC(CC(N)=O)CC2)c2ccccc21. The summed E-state index contributed by atoms with van der Waals surface area (Å²) in [5.41, 5.74) is 6.63. The van der Waals surface area contributed by atoms with Crippen LogP contribution in [0.25, 0.3) is 11.0 Å². The smallest absolute Gasteiger partial charge is 0.329 e. The minimum atomic E-state index is -0.290. The van der Waals surface area contributed by atoms with Gasteiger partial charge in [-0.25, -0.2) is 4.79 Å². The number of benzene rings is 1. The molecule has 7 heteroatoms. The van der Waals surface area contributed by atoms with Crippen molar-refractivity contribution in [2.45, 2.75) is 25.8 Å². The average molecular weight is 330 g/mol. The van der Waals surface area contributed by atoms with Crippen molar-refractivity contribution >= 4 is 22.8 Å². The molecule has 0 aliphatic carbocycles. The van der Waals surface area contributed by atoms with Crippen molar-refractivity contribution in [1.29, 1.82) is 0 Å². The molecule has 2 amide bonds. The first-order chi connectivity index (χ1) is 11.5. The zero-order chi connectivity index (χ0) is 17.3. The molecule has 0 spiro atoms. The number of rotatable bonds is 4. The van der Waals surface area contributed by atoms with E-state index in [0.717, 1.165) is 23.9 Å². The summed E-state index contributed by atoms with van der Waals surface area (Å²) in [4.78, 5) is 37.7. The molecule has 1 saturated heterocycles. The Morgan fingerprint density at radius 3 is 2.42 bits per heavy atom. The standard InChI is InChI=1S/C17H22N4O3/c1-19-13-4-2-3-5-14(13)21(17(19)24)11-16(23)20-8-6-12(7-9-20)10-15(18)22/h2-5,12H,6-11H2,1H3,(H2,18,22). The van der Waals surface area contributed by atoms with Crippen LogP contribution < -0.4 is 11.4 Å². The van der Waals surface area contributed by atoms with Crippen LogP contribution in [0.15, 0.2) is 29.1 Å². The fraction of sp³-hybridized carbons (Fsp3) is 0.471. The van der Waals surface area contributed by atoms with Gasteiger partial charge in [0.25, 0.3) is 0 Å². The predicted molar refractivity (Wildman–Crippen MR) is 90.3 cm³/mol. The molecule has 2 aromatic rings. The van der Waals surface area contributed by atoms with E-state index in [1.54, 1.807) is 16.5 Å². The van der Waals surface area contributed by atoms with E-state index in [1.165, 1.54) is 4.57 Å². The number of nitrogens with zero attached hydrogens (tertiary/aromatic N) is 3. The Morgan fingerprint density at radius 1 is 1.17 bits per heavy atom. The molecular formula is C17H22N4O3. The van der Waals surface area contributed by atoms with Crippen molar-refractivity contribution in [2.24, 2.45) is 18.7 Å². The highest BCUT2D eigenvalue weighted by Crippen LogP contribution is 2.20. The minimum absolute atomic E-state index is 0.0423. The molecule has 2 N–H and O–H groups in total. The summed E-state index contributed by atoms with van der Waals surface area (Å²) in [6.45, 7) is 1.26. The molecule has 2 heterocycles. The van der Waals surface area contributed by atoms with Gasteiger partial charge in [-0.05, 0) is 30.9 Å². The first kappa shape index (κ1) is 16.3. The third-order valence-corrected chi connectivity index (χ3v) is 4.80. The molecular weight excluding hydrogens is 308 g/mol. The first-order valence-electron chi connectivity index (χ1n) is 8.17. The van der Waals surface area contributed by atoms with E-state index in [2.05, 4.69) is 0 Å². The molecule has 1 aromatic carbocycles.